The van der Waals surface area contributed by atoms with Gasteiger partial charge < -0.3 is 14.6 Å². The molecular formula is C13H16FN3O2. The van der Waals surface area contributed by atoms with Crippen LogP contribution in [0.1, 0.15) is 24.6 Å². The molecule has 6 heteroatoms. The van der Waals surface area contributed by atoms with Crippen LogP contribution in [0.15, 0.2) is 28.8 Å². The largest absolute Gasteiger partial charge is 0.485 e. The maximum absolute atomic E-state index is 13.0. The Morgan fingerprint density at radius 2 is 2.32 bits per heavy atom. The number of rotatable bonds is 6. The van der Waals surface area contributed by atoms with Crippen LogP contribution in [0, 0.1) is 5.82 Å². The van der Waals surface area contributed by atoms with E-state index >= 15 is 0 Å². The second-order valence-electron chi connectivity index (χ2n) is 4.25. The molecule has 0 saturated heterocycles. The van der Waals surface area contributed by atoms with Gasteiger partial charge in [-0.1, -0.05) is 18.1 Å². The van der Waals surface area contributed by atoms with E-state index in [1.807, 2.05) is 14.0 Å². The monoisotopic (exact) mass is 265 g/mol. The van der Waals surface area contributed by atoms with Crippen molar-refractivity contribution in [1.29, 1.82) is 0 Å². The third kappa shape index (κ3) is 3.75. The van der Waals surface area contributed by atoms with E-state index in [4.69, 9.17) is 9.26 Å². The van der Waals surface area contributed by atoms with E-state index in [1.165, 1.54) is 12.1 Å². The number of aromatic nitrogens is 2. The van der Waals surface area contributed by atoms with E-state index in [-0.39, 0.29) is 18.3 Å². The van der Waals surface area contributed by atoms with Crippen LogP contribution in [0.2, 0.25) is 0 Å². The lowest BCUT2D eigenvalue weighted by Crippen LogP contribution is -2.15. The molecule has 1 aromatic carbocycles. The molecule has 2 aromatic rings. The van der Waals surface area contributed by atoms with Gasteiger partial charge in [-0.3, -0.25) is 0 Å². The number of benzene rings is 1. The molecule has 0 bridgehead atoms. The average molecular weight is 265 g/mol. The number of nitrogens with one attached hydrogen (secondary N) is 1. The molecule has 1 aromatic heterocycles. The molecule has 0 aliphatic heterocycles. The average Bonchev–Trinajstić information content (AvgIpc) is 2.86. The van der Waals surface area contributed by atoms with Crippen LogP contribution in [-0.2, 0) is 6.61 Å². The van der Waals surface area contributed by atoms with Crippen molar-refractivity contribution in [3.63, 3.8) is 0 Å². The van der Waals surface area contributed by atoms with E-state index in [1.54, 1.807) is 12.1 Å². The predicted molar refractivity (Wildman–Crippen MR) is 67.4 cm³/mol. The van der Waals surface area contributed by atoms with Crippen molar-refractivity contribution >= 4 is 0 Å². The van der Waals surface area contributed by atoms with Crippen molar-refractivity contribution in [3.8, 4) is 5.75 Å². The van der Waals surface area contributed by atoms with E-state index in [0.29, 0.717) is 17.5 Å². The maximum Gasteiger partial charge on any atom is 0.230 e. The van der Waals surface area contributed by atoms with Crippen LogP contribution in [-0.4, -0.2) is 23.7 Å². The Morgan fingerprint density at radius 3 is 3.05 bits per heavy atom. The molecule has 0 fully saturated rings. The summed E-state index contributed by atoms with van der Waals surface area (Å²) in [5.41, 5.74) is 0. The number of ether oxygens (including phenoxy) is 1. The normalized spacial score (nSPS) is 12.4. The third-order valence-corrected chi connectivity index (χ3v) is 2.58. The summed E-state index contributed by atoms with van der Waals surface area (Å²) < 4.78 is 23.5. The summed E-state index contributed by atoms with van der Waals surface area (Å²) in [6, 6.07) is 5.93. The fourth-order valence-corrected chi connectivity index (χ4v) is 1.62. The summed E-state index contributed by atoms with van der Waals surface area (Å²) in [5, 5.41) is 6.86. The molecule has 102 valence electrons. The van der Waals surface area contributed by atoms with Gasteiger partial charge in [0.2, 0.25) is 11.7 Å². The van der Waals surface area contributed by atoms with Gasteiger partial charge in [0.15, 0.2) is 6.61 Å². The summed E-state index contributed by atoms with van der Waals surface area (Å²) in [4.78, 5) is 4.23. The smallest absolute Gasteiger partial charge is 0.230 e. The van der Waals surface area contributed by atoms with E-state index in [2.05, 4.69) is 15.5 Å². The zero-order valence-corrected chi connectivity index (χ0v) is 10.9. The minimum atomic E-state index is -0.339. The molecule has 0 aliphatic carbocycles. The van der Waals surface area contributed by atoms with Crippen LogP contribution in [0.3, 0.4) is 0 Å². The highest BCUT2D eigenvalue weighted by Gasteiger charge is 2.13. The number of likely N-dealkylation sites (N-methyl/N-ethyl adjacent to an activating group) is 1. The number of nitrogens with zero attached hydrogens (tertiary/aromatic N) is 2. The highest BCUT2D eigenvalue weighted by molar-refractivity contribution is 5.22. The SMILES string of the molecule is CNCC(C)c1nc(COc2cccc(F)c2)no1. The van der Waals surface area contributed by atoms with Gasteiger partial charge in [-0.25, -0.2) is 4.39 Å². The Balaban J connectivity index is 1.93. The van der Waals surface area contributed by atoms with E-state index < -0.39 is 0 Å². The van der Waals surface area contributed by atoms with Crippen molar-refractivity contribution in [2.75, 3.05) is 13.6 Å². The van der Waals surface area contributed by atoms with Crippen LogP contribution >= 0.6 is 0 Å². The van der Waals surface area contributed by atoms with Gasteiger partial charge in [0.25, 0.3) is 0 Å². The molecule has 0 saturated carbocycles. The van der Waals surface area contributed by atoms with Crippen molar-refractivity contribution in [3.05, 3.63) is 41.8 Å². The zero-order valence-electron chi connectivity index (χ0n) is 10.9. The highest BCUT2D eigenvalue weighted by Crippen LogP contribution is 2.15. The highest BCUT2D eigenvalue weighted by atomic mass is 19.1. The standard InChI is InChI=1S/C13H16FN3O2/c1-9(7-15-2)13-16-12(17-19-13)8-18-11-5-3-4-10(14)6-11/h3-6,9,15H,7-8H2,1-2H3. The Morgan fingerprint density at radius 1 is 1.47 bits per heavy atom. The Kier molecular flexibility index (Phi) is 4.46. The van der Waals surface area contributed by atoms with Crippen molar-refractivity contribution in [2.45, 2.75) is 19.4 Å². The third-order valence-electron chi connectivity index (χ3n) is 2.58. The van der Waals surface area contributed by atoms with Gasteiger partial charge in [-0.2, -0.15) is 4.98 Å². The topological polar surface area (TPSA) is 60.2 Å². The number of hydrogen-bond donors (Lipinski definition) is 1. The first-order valence-corrected chi connectivity index (χ1v) is 6.04. The minimum absolute atomic E-state index is 0.139. The molecule has 0 aliphatic rings. The molecule has 0 spiro atoms. The summed E-state index contributed by atoms with van der Waals surface area (Å²) in [7, 11) is 1.86. The first-order chi connectivity index (χ1) is 9.19. The van der Waals surface area contributed by atoms with E-state index in [0.717, 1.165) is 6.54 Å². The first-order valence-electron chi connectivity index (χ1n) is 6.04. The Hall–Kier alpha value is -1.95. The van der Waals surface area contributed by atoms with Crippen LogP contribution < -0.4 is 10.1 Å². The Labute approximate surface area is 110 Å². The lowest BCUT2D eigenvalue weighted by atomic mass is 10.2. The number of halogens is 1. The van der Waals surface area contributed by atoms with Crippen molar-refractivity contribution in [2.24, 2.45) is 0 Å². The van der Waals surface area contributed by atoms with Crippen LogP contribution in [0.5, 0.6) is 5.75 Å². The van der Waals surface area contributed by atoms with Gasteiger partial charge >= 0.3 is 0 Å². The molecular weight excluding hydrogens is 249 g/mol. The second-order valence-corrected chi connectivity index (χ2v) is 4.25. The first kappa shape index (κ1) is 13.5. The molecule has 1 atom stereocenters. The fourth-order valence-electron chi connectivity index (χ4n) is 1.62. The maximum atomic E-state index is 13.0. The molecule has 0 radical (unpaired) electrons. The Bertz CT molecular complexity index is 530. The summed E-state index contributed by atoms with van der Waals surface area (Å²) in [6.07, 6.45) is 0. The molecule has 1 N–H and O–H groups in total. The fraction of sp³-hybridized carbons (Fsp3) is 0.385. The summed E-state index contributed by atoms with van der Waals surface area (Å²) in [6.45, 7) is 2.90. The molecule has 1 heterocycles. The van der Waals surface area contributed by atoms with E-state index in [9.17, 15) is 4.39 Å². The van der Waals surface area contributed by atoms with Gasteiger partial charge in [0.05, 0.1) is 0 Å². The molecule has 5 nitrogen and oxygen atoms in total. The van der Waals surface area contributed by atoms with Gasteiger partial charge in [0.1, 0.15) is 11.6 Å². The van der Waals surface area contributed by atoms with Gasteiger partial charge in [-0.05, 0) is 19.2 Å². The van der Waals surface area contributed by atoms with Crippen LogP contribution in [0.25, 0.3) is 0 Å². The number of hydrogen-bond acceptors (Lipinski definition) is 5. The van der Waals surface area contributed by atoms with Crippen molar-refractivity contribution in [1.82, 2.24) is 15.5 Å². The molecule has 2 rings (SSSR count). The predicted octanol–water partition coefficient (Wildman–Crippen LogP) is 2.11. The lowest BCUT2D eigenvalue weighted by Gasteiger charge is -2.03. The molecule has 1 unspecified atom stereocenters. The zero-order chi connectivity index (χ0) is 13.7. The van der Waals surface area contributed by atoms with Gasteiger partial charge in [0, 0.05) is 18.5 Å². The molecule has 0 amide bonds. The quantitative estimate of drug-likeness (QED) is 0.866. The van der Waals surface area contributed by atoms with Gasteiger partial charge in [-0.15, -0.1) is 0 Å². The van der Waals surface area contributed by atoms with Crippen molar-refractivity contribution < 1.29 is 13.7 Å². The summed E-state index contributed by atoms with van der Waals surface area (Å²) in [5.74, 6) is 1.25. The minimum Gasteiger partial charge on any atom is -0.485 e. The summed E-state index contributed by atoms with van der Waals surface area (Å²) >= 11 is 0. The second kappa shape index (κ2) is 6.29. The lowest BCUT2D eigenvalue weighted by molar-refractivity contribution is 0.283. The van der Waals surface area contributed by atoms with Crippen LogP contribution in [0.4, 0.5) is 4.39 Å². The molecule has 19 heavy (non-hydrogen) atoms.